The van der Waals surface area contributed by atoms with Gasteiger partial charge in [-0.2, -0.15) is 0 Å². The Morgan fingerprint density at radius 1 is 0.900 bits per heavy atom. The molecule has 4 nitrogen and oxygen atoms in total. The average Bonchev–Trinajstić information content (AvgIpc) is 2.45. The van der Waals surface area contributed by atoms with Crippen molar-refractivity contribution in [1.29, 1.82) is 0 Å². The quantitative estimate of drug-likeness (QED) is 0.855. The maximum atomic E-state index is 11.1. The SMILES string of the molecule is COc1ccc(C#Cc2ccc(S(N)(=O)=O)cc2)cc1. The molecule has 0 aliphatic rings. The molecule has 2 N–H and O–H groups in total. The van der Waals surface area contributed by atoms with Gasteiger partial charge in [-0.1, -0.05) is 11.8 Å². The van der Waals surface area contributed by atoms with Crippen molar-refractivity contribution < 1.29 is 13.2 Å². The minimum atomic E-state index is -3.66. The Morgan fingerprint density at radius 2 is 1.35 bits per heavy atom. The number of sulfonamides is 1. The summed E-state index contributed by atoms with van der Waals surface area (Å²) in [5, 5.41) is 5.02. The van der Waals surface area contributed by atoms with Crippen molar-refractivity contribution in [3.63, 3.8) is 0 Å². The normalized spacial score (nSPS) is 10.5. The van der Waals surface area contributed by atoms with E-state index in [2.05, 4.69) is 11.8 Å². The van der Waals surface area contributed by atoms with Gasteiger partial charge < -0.3 is 4.74 Å². The van der Waals surface area contributed by atoms with Crippen LogP contribution >= 0.6 is 0 Å². The van der Waals surface area contributed by atoms with Crippen LogP contribution in [-0.2, 0) is 10.0 Å². The smallest absolute Gasteiger partial charge is 0.238 e. The zero-order valence-corrected chi connectivity index (χ0v) is 11.6. The molecule has 0 amide bonds. The number of primary sulfonamides is 1. The maximum Gasteiger partial charge on any atom is 0.238 e. The van der Waals surface area contributed by atoms with E-state index in [0.29, 0.717) is 5.56 Å². The van der Waals surface area contributed by atoms with Gasteiger partial charge in [0.2, 0.25) is 10.0 Å². The van der Waals surface area contributed by atoms with E-state index < -0.39 is 10.0 Å². The molecule has 0 fully saturated rings. The molecule has 102 valence electrons. The maximum absolute atomic E-state index is 11.1. The number of hydrogen-bond acceptors (Lipinski definition) is 3. The monoisotopic (exact) mass is 287 g/mol. The molecule has 0 unspecified atom stereocenters. The van der Waals surface area contributed by atoms with E-state index in [9.17, 15) is 8.42 Å². The summed E-state index contributed by atoms with van der Waals surface area (Å²) in [7, 11) is -2.05. The predicted molar refractivity (Wildman–Crippen MR) is 76.8 cm³/mol. The van der Waals surface area contributed by atoms with Crippen molar-refractivity contribution in [3.8, 4) is 17.6 Å². The van der Waals surface area contributed by atoms with Gasteiger partial charge in [0.25, 0.3) is 0 Å². The number of hydrogen-bond donors (Lipinski definition) is 1. The van der Waals surface area contributed by atoms with E-state index >= 15 is 0 Å². The number of ether oxygens (including phenoxy) is 1. The van der Waals surface area contributed by atoms with Crippen LogP contribution in [0.1, 0.15) is 11.1 Å². The highest BCUT2D eigenvalue weighted by Crippen LogP contribution is 2.11. The van der Waals surface area contributed by atoms with Crippen molar-refractivity contribution in [3.05, 3.63) is 59.7 Å². The van der Waals surface area contributed by atoms with Crippen molar-refractivity contribution in [2.45, 2.75) is 4.90 Å². The van der Waals surface area contributed by atoms with E-state index in [1.807, 2.05) is 24.3 Å². The third-order valence-electron chi connectivity index (χ3n) is 2.62. The molecule has 0 spiro atoms. The van der Waals surface area contributed by atoms with Crippen LogP contribution in [0.25, 0.3) is 0 Å². The van der Waals surface area contributed by atoms with Crippen molar-refractivity contribution in [2.75, 3.05) is 7.11 Å². The lowest BCUT2D eigenvalue weighted by Crippen LogP contribution is -2.11. The zero-order valence-electron chi connectivity index (χ0n) is 10.8. The van der Waals surface area contributed by atoms with Crippen LogP contribution in [0, 0.1) is 11.8 Å². The second kappa shape index (κ2) is 5.78. The number of rotatable bonds is 2. The summed E-state index contributed by atoms with van der Waals surface area (Å²) < 4.78 is 27.3. The van der Waals surface area contributed by atoms with Gasteiger partial charge in [0.15, 0.2) is 0 Å². The molecule has 0 aliphatic carbocycles. The van der Waals surface area contributed by atoms with Gasteiger partial charge in [0.1, 0.15) is 5.75 Å². The third-order valence-corrected chi connectivity index (χ3v) is 3.55. The van der Waals surface area contributed by atoms with Gasteiger partial charge in [-0.15, -0.1) is 0 Å². The van der Waals surface area contributed by atoms with Crippen LogP contribution in [0.5, 0.6) is 5.75 Å². The second-order valence-electron chi connectivity index (χ2n) is 4.05. The molecule has 2 aromatic carbocycles. The lowest BCUT2D eigenvalue weighted by molar-refractivity contribution is 0.415. The molecule has 0 atom stereocenters. The van der Waals surface area contributed by atoms with E-state index in [1.165, 1.54) is 12.1 Å². The van der Waals surface area contributed by atoms with Crippen LogP contribution in [0.15, 0.2) is 53.4 Å². The second-order valence-corrected chi connectivity index (χ2v) is 5.61. The molecular formula is C15H13NO3S. The van der Waals surface area contributed by atoms with Crippen LogP contribution in [0.4, 0.5) is 0 Å². The fourth-order valence-electron chi connectivity index (χ4n) is 1.55. The molecule has 20 heavy (non-hydrogen) atoms. The highest BCUT2D eigenvalue weighted by atomic mass is 32.2. The molecule has 2 aromatic rings. The molecule has 0 aliphatic heterocycles. The van der Waals surface area contributed by atoms with Crippen molar-refractivity contribution >= 4 is 10.0 Å². The Hall–Kier alpha value is -2.29. The van der Waals surface area contributed by atoms with Gasteiger partial charge in [-0.25, -0.2) is 13.6 Å². The van der Waals surface area contributed by atoms with Gasteiger partial charge in [-0.05, 0) is 48.5 Å². The first-order valence-electron chi connectivity index (χ1n) is 5.78. The van der Waals surface area contributed by atoms with Gasteiger partial charge in [-0.3, -0.25) is 0 Å². The first-order chi connectivity index (χ1) is 9.49. The molecule has 5 heteroatoms. The van der Waals surface area contributed by atoms with Crippen LogP contribution < -0.4 is 9.88 Å². The molecule has 0 saturated heterocycles. The highest BCUT2D eigenvalue weighted by Gasteiger charge is 2.05. The van der Waals surface area contributed by atoms with E-state index in [0.717, 1.165) is 11.3 Å². The fraction of sp³-hybridized carbons (Fsp3) is 0.0667. The van der Waals surface area contributed by atoms with Crippen LogP contribution in [0.3, 0.4) is 0 Å². The Morgan fingerprint density at radius 3 is 1.75 bits per heavy atom. The standard InChI is InChI=1S/C15H13NO3S/c1-19-14-8-4-12(5-9-14)2-3-13-6-10-15(11-7-13)20(16,17)18/h4-11H,1H3,(H2,16,17,18). The van der Waals surface area contributed by atoms with Crippen LogP contribution in [0.2, 0.25) is 0 Å². The summed E-state index contributed by atoms with van der Waals surface area (Å²) in [5.74, 6) is 6.71. The average molecular weight is 287 g/mol. The van der Waals surface area contributed by atoms with E-state index in [-0.39, 0.29) is 4.90 Å². The van der Waals surface area contributed by atoms with Gasteiger partial charge >= 0.3 is 0 Å². The molecule has 0 bridgehead atoms. The number of benzene rings is 2. The van der Waals surface area contributed by atoms with Gasteiger partial charge in [0, 0.05) is 11.1 Å². The summed E-state index contributed by atoms with van der Waals surface area (Å²) in [4.78, 5) is 0.0764. The largest absolute Gasteiger partial charge is 0.497 e. The first kappa shape index (κ1) is 14.1. The van der Waals surface area contributed by atoms with Gasteiger partial charge in [0.05, 0.1) is 12.0 Å². The third kappa shape index (κ3) is 3.60. The van der Waals surface area contributed by atoms with Crippen molar-refractivity contribution in [1.82, 2.24) is 0 Å². The molecule has 0 radical (unpaired) electrons. The topological polar surface area (TPSA) is 69.4 Å². The highest BCUT2D eigenvalue weighted by molar-refractivity contribution is 7.89. The zero-order chi connectivity index (χ0) is 14.6. The molecule has 0 heterocycles. The summed E-state index contributed by atoms with van der Waals surface area (Å²) in [6, 6.07) is 13.5. The molecular weight excluding hydrogens is 274 g/mol. The molecule has 0 aromatic heterocycles. The predicted octanol–water partition coefficient (Wildman–Crippen LogP) is 1.74. The Kier molecular flexibility index (Phi) is 4.08. The van der Waals surface area contributed by atoms with E-state index in [4.69, 9.17) is 9.88 Å². The van der Waals surface area contributed by atoms with E-state index in [1.54, 1.807) is 19.2 Å². The minimum absolute atomic E-state index is 0.0764. The summed E-state index contributed by atoms with van der Waals surface area (Å²) >= 11 is 0. The lowest BCUT2D eigenvalue weighted by atomic mass is 10.2. The fourth-order valence-corrected chi connectivity index (χ4v) is 2.06. The first-order valence-corrected chi connectivity index (χ1v) is 7.32. The molecule has 2 rings (SSSR count). The Balaban J connectivity index is 2.20. The molecule has 0 saturated carbocycles. The van der Waals surface area contributed by atoms with Crippen LogP contribution in [-0.4, -0.2) is 15.5 Å². The lowest BCUT2D eigenvalue weighted by Gasteiger charge is -1.98. The number of nitrogens with two attached hydrogens (primary N) is 1. The Bertz CT molecular complexity index is 752. The summed E-state index contributed by atoms with van der Waals surface area (Å²) in [6.07, 6.45) is 0. The van der Waals surface area contributed by atoms with Crippen molar-refractivity contribution in [2.24, 2.45) is 5.14 Å². The number of methoxy groups -OCH3 is 1. The Labute approximate surface area is 118 Å². The minimum Gasteiger partial charge on any atom is -0.497 e. The summed E-state index contributed by atoms with van der Waals surface area (Å²) in [6.45, 7) is 0. The summed E-state index contributed by atoms with van der Waals surface area (Å²) in [5.41, 5.74) is 1.56.